The molecule has 0 aliphatic carbocycles. The van der Waals surface area contributed by atoms with E-state index in [1.807, 2.05) is 31.2 Å². The molecule has 1 heterocycles. The second-order valence-corrected chi connectivity index (χ2v) is 7.49. The molecule has 4 heteroatoms. The lowest BCUT2D eigenvalue weighted by Crippen LogP contribution is -2.28. The van der Waals surface area contributed by atoms with Crippen molar-refractivity contribution in [3.8, 4) is 16.9 Å². The van der Waals surface area contributed by atoms with Crippen molar-refractivity contribution >= 4 is 5.71 Å². The van der Waals surface area contributed by atoms with E-state index in [-0.39, 0.29) is 0 Å². The number of oxime groups is 1. The third kappa shape index (κ3) is 5.83. The molecule has 0 aromatic heterocycles. The average molecular weight is 412 g/mol. The Kier molecular flexibility index (Phi) is 7.14. The molecule has 0 N–H and O–H groups in total. The fourth-order valence-electron chi connectivity index (χ4n) is 3.49. The summed E-state index contributed by atoms with van der Waals surface area (Å²) in [6, 6.07) is 27.8. The second-order valence-electron chi connectivity index (χ2n) is 7.49. The molecule has 1 aliphatic heterocycles. The van der Waals surface area contributed by atoms with Crippen LogP contribution in [0.5, 0.6) is 5.75 Å². The minimum Gasteiger partial charge on any atom is -0.490 e. The maximum Gasteiger partial charge on any atom is 0.151 e. The zero-order valence-electron chi connectivity index (χ0n) is 17.8. The van der Waals surface area contributed by atoms with Gasteiger partial charge in [-0.05, 0) is 35.7 Å². The van der Waals surface area contributed by atoms with Gasteiger partial charge in [0.1, 0.15) is 18.1 Å². The number of aryl methyl sites for hydroxylation is 1. The average Bonchev–Trinajstić information content (AvgIpc) is 3.33. The summed E-state index contributed by atoms with van der Waals surface area (Å²) >= 11 is 0. The van der Waals surface area contributed by atoms with Gasteiger partial charge in [-0.2, -0.15) is 0 Å². The van der Waals surface area contributed by atoms with Crippen molar-refractivity contribution in [2.24, 2.45) is 5.16 Å². The summed E-state index contributed by atoms with van der Waals surface area (Å²) in [6.07, 6.45) is 4.37. The van der Waals surface area contributed by atoms with Crippen LogP contribution in [-0.2, 0) is 4.84 Å². The Labute approximate surface area is 184 Å². The molecule has 3 aromatic rings. The van der Waals surface area contributed by atoms with E-state index in [1.54, 1.807) is 0 Å². The van der Waals surface area contributed by atoms with Gasteiger partial charge in [0.05, 0.1) is 0 Å². The predicted molar refractivity (Wildman–Crippen MR) is 125 cm³/mol. The maximum atomic E-state index is 5.78. The number of hydrogen-bond acceptors (Lipinski definition) is 4. The van der Waals surface area contributed by atoms with Crippen molar-refractivity contribution in [3.63, 3.8) is 0 Å². The smallest absolute Gasteiger partial charge is 0.151 e. The van der Waals surface area contributed by atoms with E-state index >= 15 is 0 Å². The fraction of sp³-hybridized carbons (Fsp3) is 0.222. The lowest BCUT2D eigenvalue weighted by atomic mass is 10.0. The molecule has 0 atom stereocenters. The molecular formula is C27H27N2O2. The SMILES string of the molecule is Cc1[c]cccc1OCCO/N=C(\CN1CC=CC1)c1ccc(-c2ccccc2)cc1. The number of rotatable bonds is 9. The third-order valence-electron chi connectivity index (χ3n) is 5.21. The standard InChI is InChI=1S/C27H27N2O2/c1-22-9-5-6-12-27(22)30-19-20-31-28-26(21-29-17-7-8-18-29)25-15-13-24(14-16-25)23-10-3-2-4-11-23/h2-8,10-16H,17-21H2,1H3/b28-26+. The molecule has 0 saturated carbocycles. The van der Waals surface area contributed by atoms with Gasteiger partial charge in [-0.3, -0.25) is 4.90 Å². The van der Waals surface area contributed by atoms with Gasteiger partial charge in [-0.1, -0.05) is 84.0 Å². The lowest BCUT2D eigenvalue weighted by Gasteiger charge is -2.17. The van der Waals surface area contributed by atoms with E-state index in [0.29, 0.717) is 13.2 Å². The molecule has 0 fully saturated rings. The zero-order chi connectivity index (χ0) is 21.3. The summed E-state index contributed by atoms with van der Waals surface area (Å²) in [5.74, 6) is 0.829. The molecule has 0 unspecified atom stereocenters. The fourth-order valence-corrected chi connectivity index (χ4v) is 3.49. The largest absolute Gasteiger partial charge is 0.490 e. The van der Waals surface area contributed by atoms with Gasteiger partial charge in [0.15, 0.2) is 6.61 Å². The predicted octanol–water partition coefficient (Wildman–Crippen LogP) is 5.13. The summed E-state index contributed by atoms with van der Waals surface area (Å²) in [5, 5.41) is 4.47. The first-order valence-corrected chi connectivity index (χ1v) is 10.6. The van der Waals surface area contributed by atoms with Crippen LogP contribution < -0.4 is 4.74 Å². The van der Waals surface area contributed by atoms with Crippen LogP contribution in [-0.4, -0.2) is 43.5 Å². The normalized spacial score (nSPS) is 14.0. The molecule has 1 radical (unpaired) electrons. The van der Waals surface area contributed by atoms with Gasteiger partial charge < -0.3 is 9.57 Å². The van der Waals surface area contributed by atoms with Gasteiger partial charge in [0.25, 0.3) is 0 Å². The van der Waals surface area contributed by atoms with Gasteiger partial charge in [-0.15, -0.1) is 0 Å². The highest BCUT2D eigenvalue weighted by atomic mass is 16.6. The number of ether oxygens (including phenoxy) is 1. The molecule has 1 aliphatic rings. The molecule has 3 aromatic carbocycles. The van der Waals surface area contributed by atoms with Crippen molar-refractivity contribution in [3.05, 3.63) is 102 Å². The van der Waals surface area contributed by atoms with Gasteiger partial charge in [0.2, 0.25) is 0 Å². The molecule has 31 heavy (non-hydrogen) atoms. The Morgan fingerprint density at radius 2 is 1.65 bits per heavy atom. The number of benzene rings is 3. The molecule has 157 valence electrons. The van der Waals surface area contributed by atoms with E-state index in [4.69, 9.17) is 9.57 Å². The van der Waals surface area contributed by atoms with Gasteiger partial charge >= 0.3 is 0 Å². The Bertz CT molecular complexity index is 1020. The summed E-state index contributed by atoms with van der Waals surface area (Å²) in [6.45, 7) is 5.43. The summed E-state index contributed by atoms with van der Waals surface area (Å²) in [7, 11) is 0. The minimum atomic E-state index is 0.387. The summed E-state index contributed by atoms with van der Waals surface area (Å²) in [5.41, 5.74) is 5.38. The molecular weight excluding hydrogens is 384 g/mol. The number of hydrogen-bond donors (Lipinski definition) is 0. The Hall–Kier alpha value is -3.37. The molecule has 4 rings (SSSR count). The van der Waals surface area contributed by atoms with Crippen molar-refractivity contribution in [2.75, 3.05) is 32.8 Å². The van der Waals surface area contributed by atoms with Crippen LogP contribution in [0.3, 0.4) is 0 Å². The zero-order valence-corrected chi connectivity index (χ0v) is 17.8. The van der Waals surface area contributed by atoms with Crippen LogP contribution in [0.4, 0.5) is 0 Å². The Morgan fingerprint density at radius 1 is 0.903 bits per heavy atom. The number of nitrogens with zero attached hydrogens (tertiary/aromatic N) is 2. The van der Waals surface area contributed by atoms with E-state index in [0.717, 1.165) is 42.2 Å². The first kappa shape index (κ1) is 20.9. The highest BCUT2D eigenvalue weighted by Crippen LogP contribution is 2.20. The molecule has 0 amide bonds. The van der Waals surface area contributed by atoms with Crippen LogP contribution in [0, 0.1) is 13.0 Å². The highest BCUT2D eigenvalue weighted by molar-refractivity contribution is 6.02. The van der Waals surface area contributed by atoms with E-state index in [1.165, 1.54) is 11.1 Å². The summed E-state index contributed by atoms with van der Waals surface area (Å²) in [4.78, 5) is 7.97. The second kappa shape index (κ2) is 10.6. The molecule has 0 bridgehead atoms. The van der Waals surface area contributed by atoms with Crippen LogP contribution in [0.1, 0.15) is 11.1 Å². The van der Waals surface area contributed by atoms with Crippen molar-refractivity contribution in [1.29, 1.82) is 0 Å². The minimum absolute atomic E-state index is 0.387. The van der Waals surface area contributed by atoms with Gasteiger partial charge in [-0.25, -0.2) is 0 Å². The summed E-state index contributed by atoms with van der Waals surface area (Å²) < 4.78 is 5.78. The van der Waals surface area contributed by atoms with Crippen molar-refractivity contribution in [2.45, 2.75) is 6.92 Å². The van der Waals surface area contributed by atoms with E-state index in [9.17, 15) is 0 Å². The van der Waals surface area contributed by atoms with Gasteiger partial charge in [0, 0.05) is 25.2 Å². The highest BCUT2D eigenvalue weighted by Gasteiger charge is 2.13. The maximum absolute atomic E-state index is 5.78. The van der Waals surface area contributed by atoms with Crippen LogP contribution in [0.15, 0.2) is 90.1 Å². The third-order valence-corrected chi connectivity index (χ3v) is 5.21. The van der Waals surface area contributed by atoms with Crippen molar-refractivity contribution < 1.29 is 9.57 Å². The van der Waals surface area contributed by atoms with Crippen LogP contribution in [0.25, 0.3) is 11.1 Å². The topological polar surface area (TPSA) is 34.1 Å². The molecule has 0 saturated heterocycles. The lowest BCUT2D eigenvalue weighted by molar-refractivity contribution is 0.106. The first-order valence-electron chi connectivity index (χ1n) is 10.6. The van der Waals surface area contributed by atoms with Crippen LogP contribution in [0.2, 0.25) is 0 Å². The van der Waals surface area contributed by atoms with Crippen molar-refractivity contribution in [1.82, 2.24) is 4.90 Å². The molecule has 4 nitrogen and oxygen atoms in total. The first-order chi connectivity index (χ1) is 15.3. The Morgan fingerprint density at radius 3 is 2.39 bits per heavy atom. The monoisotopic (exact) mass is 411 g/mol. The molecule has 0 spiro atoms. The van der Waals surface area contributed by atoms with E-state index in [2.05, 4.69) is 76.8 Å². The van der Waals surface area contributed by atoms with Crippen LogP contribution >= 0.6 is 0 Å². The Balaban J connectivity index is 1.40. The quantitative estimate of drug-likeness (QED) is 0.212. The van der Waals surface area contributed by atoms with E-state index < -0.39 is 0 Å².